The summed E-state index contributed by atoms with van der Waals surface area (Å²) < 4.78 is 0. The summed E-state index contributed by atoms with van der Waals surface area (Å²) in [5.41, 5.74) is 0.270. The highest BCUT2D eigenvalue weighted by atomic mass is 35.5. The van der Waals surface area contributed by atoms with E-state index in [9.17, 15) is 4.79 Å². The first-order valence-corrected chi connectivity index (χ1v) is 7.17. The lowest BCUT2D eigenvalue weighted by Crippen LogP contribution is -2.30. The van der Waals surface area contributed by atoms with Crippen molar-refractivity contribution >= 4 is 17.5 Å². The van der Waals surface area contributed by atoms with Crippen LogP contribution < -0.4 is 5.32 Å². The van der Waals surface area contributed by atoms with Gasteiger partial charge in [0.15, 0.2) is 0 Å². The SMILES string of the molecule is CCC(CC)CNC(=O)c1nc(C(C)C)ncc1Cl. The van der Waals surface area contributed by atoms with Crippen LogP contribution >= 0.6 is 11.6 Å². The Bertz CT molecular complexity index is 431. The van der Waals surface area contributed by atoms with E-state index in [1.165, 1.54) is 6.20 Å². The molecule has 1 aromatic heterocycles. The molecule has 0 saturated heterocycles. The Labute approximate surface area is 120 Å². The predicted molar refractivity (Wildman–Crippen MR) is 77.5 cm³/mol. The van der Waals surface area contributed by atoms with Gasteiger partial charge in [-0.25, -0.2) is 9.97 Å². The number of carbonyl (C=O) groups excluding carboxylic acids is 1. The van der Waals surface area contributed by atoms with Crippen molar-refractivity contribution in [2.45, 2.75) is 46.5 Å². The quantitative estimate of drug-likeness (QED) is 0.870. The lowest BCUT2D eigenvalue weighted by atomic mass is 10.0. The molecular weight excluding hydrogens is 262 g/mol. The highest BCUT2D eigenvalue weighted by Crippen LogP contribution is 2.16. The molecule has 1 rings (SSSR count). The molecule has 0 bridgehead atoms. The average Bonchev–Trinajstić information content (AvgIpc) is 2.39. The van der Waals surface area contributed by atoms with E-state index in [1.807, 2.05) is 13.8 Å². The fraction of sp³-hybridized carbons (Fsp3) is 0.643. The maximum absolute atomic E-state index is 12.1. The van der Waals surface area contributed by atoms with Gasteiger partial charge in [-0.15, -0.1) is 0 Å². The molecule has 0 atom stereocenters. The zero-order chi connectivity index (χ0) is 14.4. The molecule has 1 amide bonds. The maximum Gasteiger partial charge on any atom is 0.271 e. The molecule has 5 heteroatoms. The molecule has 0 aliphatic rings. The van der Waals surface area contributed by atoms with Crippen LogP contribution in [0, 0.1) is 5.92 Å². The standard InChI is InChI=1S/C14H22ClN3O/c1-5-10(6-2)7-17-14(19)12-11(15)8-16-13(18-12)9(3)4/h8-10H,5-7H2,1-4H3,(H,17,19). The van der Waals surface area contributed by atoms with Crippen LogP contribution in [0.3, 0.4) is 0 Å². The first-order chi connectivity index (χ1) is 8.99. The summed E-state index contributed by atoms with van der Waals surface area (Å²) in [4.78, 5) is 20.5. The Morgan fingerprint density at radius 3 is 2.53 bits per heavy atom. The van der Waals surface area contributed by atoms with Crippen LogP contribution in [0.15, 0.2) is 6.20 Å². The van der Waals surface area contributed by atoms with E-state index in [0.717, 1.165) is 12.8 Å². The molecule has 0 aromatic carbocycles. The van der Waals surface area contributed by atoms with Gasteiger partial charge in [-0.1, -0.05) is 52.1 Å². The molecule has 1 N–H and O–H groups in total. The van der Waals surface area contributed by atoms with Crippen molar-refractivity contribution in [3.05, 3.63) is 22.7 Å². The summed E-state index contributed by atoms with van der Waals surface area (Å²) in [5.74, 6) is 1.08. The second-order valence-electron chi connectivity index (χ2n) is 4.97. The maximum atomic E-state index is 12.1. The van der Waals surface area contributed by atoms with Crippen molar-refractivity contribution in [1.29, 1.82) is 0 Å². The second kappa shape index (κ2) is 7.43. The van der Waals surface area contributed by atoms with Crippen LogP contribution in [0.4, 0.5) is 0 Å². The lowest BCUT2D eigenvalue weighted by Gasteiger charge is -2.14. The minimum Gasteiger partial charge on any atom is -0.350 e. The number of carbonyl (C=O) groups is 1. The van der Waals surface area contributed by atoms with Crippen molar-refractivity contribution in [3.8, 4) is 0 Å². The number of aromatic nitrogens is 2. The molecule has 4 nitrogen and oxygen atoms in total. The minimum atomic E-state index is -0.221. The molecule has 19 heavy (non-hydrogen) atoms. The van der Waals surface area contributed by atoms with E-state index in [-0.39, 0.29) is 17.5 Å². The number of amides is 1. The molecule has 0 saturated carbocycles. The number of hydrogen-bond donors (Lipinski definition) is 1. The molecule has 106 valence electrons. The Hall–Kier alpha value is -1.16. The molecule has 0 fully saturated rings. The fourth-order valence-electron chi connectivity index (χ4n) is 1.72. The smallest absolute Gasteiger partial charge is 0.271 e. The van der Waals surface area contributed by atoms with Gasteiger partial charge in [0.25, 0.3) is 5.91 Å². The number of halogens is 1. The Kier molecular flexibility index (Phi) is 6.22. The van der Waals surface area contributed by atoms with E-state index in [2.05, 4.69) is 29.1 Å². The number of rotatable bonds is 6. The van der Waals surface area contributed by atoms with Crippen molar-refractivity contribution in [1.82, 2.24) is 15.3 Å². The van der Waals surface area contributed by atoms with Crippen molar-refractivity contribution in [2.24, 2.45) is 5.92 Å². The van der Waals surface area contributed by atoms with Crippen LogP contribution in [0.5, 0.6) is 0 Å². The van der Waals surface area contributed by atoms with Crippen LogP contribution in [0.2, 0.25) is 5.02 Å². The van der Waals surface area contributed by atoms with Gasteiger partial charge in [-0.2, -0.15) is 0 Å². The molecule has 0 unspecified atom stereocenters. The monoisotopic (exact) mass is 283 g/mol. The van der Waals surface area contributed by atoms with E-state index < -0.39 is 0 Å². The molecule has 1 heterocycles. The third-order valence-corrected chi connectivity index (χ3v) is 3.48. The minimum absolute atomic E-state index is 0.169. The molecule has 0 spiro atoms. The van der Waals surface area contributed by atoms with E-state index in [0.29, 0.717) is 23.3 Å². The van der Waals surface area contributed by atoms with Crippen LogP contribution in [-0.2, 0) is 0 Å². The summed E-state index contributed by atoms with van der Waals surface area (Å²) >= 11 is 5.99. The predicted octanol–water partition coefficient (Wildman–Crippen LogP) is 3.42. The highest BCUT2D eigenvalue weighted by Gasteiger charge is 2.16. The van der Waals surface area contributed by atoms with Crippen molar-refractivity contribution in [3.63, 3.8) is 0 Å². The molecular formula is C14H22ClN3O. The van der Waals surface area contributed by atoms with Gasteiger partial charge in [-0.3, -0.25) is 4.79 Å². The zero-order valence-corrected chi connectivity index (χ0v) is 12.8. The summed E-state index contributed by atoms with van der Waals surface area (Å²) in [6.07, 6.45) is 3.59. The van der Waals surface area contributed by atoms with Crippen LogP contribution in [0.25, 0.3) is 0 Å². The molecule has 1 aromatic rings. The summed E-state index contributed by atoms with van der Waals surface area (Å²) in [6, 6.07) is 0. The Morgan fingerprint density at radius 2 is 2.00 bits per heavy atom. The number of nitrogens with one attached hydrogen (secondary N) is 1. The molecule has 0 aliphatic carbocycles. The largest absolute Gasteiger partial charge is 0.350 e. The number of nitrogens with zero attached hydrogens (tertiary/aromatic N) is 2. The number of hydrogen-bond acceptors (Lipinski definition) is 3. The molecule has 0 radical (unpaired) electrons. The van der Waals surface area contributed by atoms with Gasteiger partial charge < -0.3 is 5.32 Å². The van der Waals surface area contributed by atoms with Crippen molar-refractivity contribution < 1.29 is 4.79 Å². The highest BCUT2D eigenvalue weighted by molar-refractivity contribution is 6.33. The summed E-state index contributed by atoms with van der Waals surface area (Å²) in [5, 5.41) is 3.19. The normalized spacial score (nSPS) is 11.1. The third kappa shape index (κ3) is 4.46. The van der Waals surface area contributed by atoms with Gasteiger partial charge >= 0.3 is 0 Å². The van der Waals surface area contributed by atoms with E-state index in [1.54, 1.807) is 0 Å². The molecule has 0 aliphatic heterocycles. The Balaban J connectivity index is 2.78. The Morgan fingerprint density at radius 1 is 1.37 bits per heavy atom. The summed E-state index contributed by atoms with van der Waals surface area (Å²) in [6.45, 7) is 8.86. The van der Waals surface area contributed by atoms with Gasteiger partial charge in [0.05, 0.1) is 11.2 Å². The van der Waals surface area contributed by atoms with Crippen molar-refractivity contribution in [2.75, 3.05) is 6.54 Å². The first kappa shape index (κ1) is 15.9. The van der Waals surface area contributed by atoms with Gasteiger partial charge in [0, 0.05) is 12.5 Å². The van der Waals surface area contributed by atoms with Gasteiger partial charge in [0.2, 0.25) is 0 Å². The van der Waals surface area contributed by atoms with Crippen LogP contribution in [-0.4, -0.2) is 22.4 Å². The topological polar surface area (TPSA) is 54.9 Å². The first-order valence-electron chi connectivity index (χ1n) is 6.80. The second-order valence-corrected chi connectivity index (χ2v) is 5.38. The lowest BCUT2D eigenvalue weighted by molar-refractivity contribution is 0.0941. The fourth-order valence-corrected chi connectivity index (χ4v) is 1.89. The van der Waals surface area contributed by atoms with Crippen LogP contribution in [0.1, 0.15) is 62.8 Å². The zero-order valence-electron chi connectivity index (χ0n) is 12.0. The van der Waals surface area contributed by atoms with E-state index >= 15 is 0 Å². The third-order valence-electron chi connectivity index (χ3n) is 3.20. The average molecular weight is 284 g/mol. The van der Waals surface area contributed by atoms with E-state index in [4.69, 9.17) is 11.6 Å². The summed E-state index contributed by atoms with van der Waals surface area (Å²) in [7, 11) is 0. The van der Waals surface area contributed by atoms with Gasteiger partial charge in [-0.05, 0) is 5.92 Å². The van der Waals surface area contributed by atoms with Gasteiger partial charge in [0.1, 0.15) is 11.5 Å².